The van der Waals surface area contributed by atoms with E-state index in [9.17, 15) is 0 Å². The maximum absolute atomic E-state index is 5.56. The topological polar surface area (TPSA) is 48.1 Å². The summed E-state index contributed by atoms with van der Waals surface area (Å²) >= 11 is 0. The first-order valence-electron chi connectivity index (χ1n) is 4.62. The highest BCUT2D eigenvalue weighted by Crippen LogP contribution is 2.12. The summed E-state index contributed by atoms with van der Waals surface area (Å²) in [7, 11) is 0. The van der Waals surface area contributed by atoms with Crippen LogP contribution in [0.1, 0.15) is 25.1 Å². The summed E-state index contributed by atoms with van der Waals surface area (Å²) in [5.74, 6) is 0.683. The van der Waals surface area contributed by atoms with Crippen molar-refractivity contribution in [2.45, 2.75) is 26.8 Å². The molecule has 0 radical (unpaired) electrons. The Labute approximate surface area is 78.9 Å². The van der Waals surface area contributed by atoms with Crippen molar-refractivity contribution in [3.8, 4) is 5.88 Å². The van der Waals surface area contributed by atoms with Gasteiger partial charge in [-0.3, -0.25) is 0 Å². The molecule has 1 rings (SSSR count). The van der Waals surface area contributed by atoms with Crippen molar-refractivity contribution in [1.29, 1.82) is 0 Å². The van der Waals surface area contributed by atoms with Crippen molar-refractivity contribution in [2.24, 2.45) is 5.73 Å². The van der Waals surface area contributed by atoms with E-state index in [1.54, 1.807) is 0 Å². The summed E-state index contributed by atoms with van der Waals surface area (Å²) in [4.78, 5) is 4.31. The Morgan fingerprint density at radius 1 is 1.38 bits per heavy atom. The normalized spacial score (nSPS) is 10.1. The summed E-state index contributed by atoms with van der Waals surface area (Å²) in [6.07, 6.45) is 0.911. The molecule has 0 atom stereocenters. The summed E-state index contributed by atoms with van der Waals surface area (Å²) < 4.78 is 5.32. The average Bonchev–Trinajstić information content (AvgIpc) is 2.17. The lowest BCUT2D eigenvalue weighted by molar-refractivity contribution is 0.325. The number of aryl methyl sites for hydroxylation is 1. The maximum Gasteiger partial charge on any atom is 0.213 e. The third kappa shape index (κ3) is 2.70. The van der Waals surface area contributed by atoms with Gasteiger partial charge in [-0.1, -0.05) is 6.92 Å². The summed E-state index contributed by atoms with van der Waals surface area (Å²) in [5, 5.41) is 0. The quantitative estimate of drug-likeness (QED) is 0.763. The fraction of sp³-hybridized carbons (Fsp3) is 0.500. The van der Waals surface area contributed by atoms with E-state index in [1.165, 1.54) is 0 Å². The molecule has 0 bridgehead atoms. The lowest BCUT2D eigenvalue weighted by Gasteiger charge is -2.06. The van der Waals surface area contributed by atoms with Crippen LogP contribution in [0.15, 0.2) is 12.1 Å². The number of nitrogens with zero attached hydrogens (tertiary/aromatic N) is 1. The molecule has 1 heterocycles. The second-order valence-electron chi connectivity index (χ2n) is 2.80. The molecule has 13 heavy (non-hydrogen) atoms. The van der Waals surface area contributed by atoms with Gasteiger partial charge in [-0.05, 0) is 25.0 Å². The summed E-state index contributed by atoms with van der Waals surface area (Å²) in [6, 6.07) is 3.91. The zero-order valence-corrected chi connectivity index (χ0v) is 8.21. The molecule has 0 fully saturated rings. The van der Waals surface area contributed by atoms with Gasteiger partial charge in [0, 0.05) is 18.3 Å². The molecule has 1 aromatic rings. The molecule has 0 spiro atoms. The lowest BCUT2D eigenvalue weighted by atomic mass is 10.2. The number of rotatable bonds is 4. The maximum atomic E-state index is 5.56. The minimum Gasteiger partial charge on any atom is -0.478 e. The molecule has 0 aliphatic carbocycles. The Hall–Kier alpha value is -1.09. The minimum atomic E-state index is 0.537. The molecule has 0 aliphatic heterocycles. The molecular weight excluding hydrogens is 164 g/mol. The molecule has 0 saturated carbocycles. The van der Waals surface area contributed by atoms with Crippen LogP contribution in [-0.4, -0.2) is 11.6 Å². The van der Waals surface area contributed by atoms with Crippen molar-refractivity contribution in [2.75, 3.05) is 6.61 Å². The highest BCUT2D eigenvalue weighted by molar-refractivity contribution is 5.25. The van der Waals surface area contributed by atoms with Crippen molar-refractivity contribution < 1.29 is 4.74 Å². The van der Waals surface area contributed by atoms with Crippen LogP contribution in [0.3, 0.4) is 0 Å². The summed E-state index contributed by atoms with van der Waals surface area (Å²) in [6.45, 7) is 5.19. The highest BCUT2D eigenvalue weighted by Gasteiger charge is 2.00. The first kappa shape index (κ1) is 9.99. The zero-order chi connectivity index (χ0) is 9.68. The van der Waals surface area contributed by atoms with Gasteiger partial charge >= 0.3 is 0 Å². The van der Waals surface area contributed by atoms with Gasteiger partial charge in [0.1, 0.15) is 0 Å². The van der Waals surface area contributed by atoms with Crippen LogP contribution in [0.2, 0.25) is 0 Å². The van der Waals surface area contributed by atoms with E-state index >= 15 is 0 Å². The number of pyridine rings is 1. The predicted octanol–water partition coefficient (Wildman–Crippen LogP) is 1.50. The SMILES string of the molecule is CCOc1cc(CN)cc(CC)n1. The van der Waals surface area contributed by atoms with Crippen LogP contribution in [0.4, 0.5) is 0 Å². The monoisotopic (exact) mass is 180 g/mol. The Morgan fingerprint density at radius 3 is 2.69 bits per heavy atom. The Bertz CT molecular complexity index is 251. The zero-order valence-electron chi connectivity index (χ0n) is 8.21. The molecule has 72 valence electrons. The fourth-order valence-corrected chi connectivity index (χ4v) is 1.14. The van der Waals surface area contributed by atoms with Gasteiger partial charge in [-0.25, -0.2) is 4.98 Å². The van der Waals surface area contributed by atoms with Crippen LogP contribution in [0.25, 0.3) is 0 Å². The molecule has 0 amide bonds. The molecule has 0 unspecified atom stereocenters. The third-order valence-electron chi connectivity index (χ3n) is 1.80. The number of aromatic nitrogens is 1. The van der Waals surface area contributed by atoms with Crippen molar-refractivity contribution >= 4 is 0 Å². The molecule has 0 saturated heterocycles. The second kappa shape index (κ2) is 4.82. The molecule has 1 aromatic heterocycles. The van der Waals surface area contributed by atoms with Gasteiger partial charge in [-0.2, -0.15) is 0 Å². The molecule has 3 heteroatoms. The molecule has 2 N–H and O–H groups in total. The van der Waals surface area contributed by atoms with Gasteiger partial charge in [0.05, 0.1) is 6.61 Å². The largest absolute Gasteiger partial charge is 0.478 e. The van der Waals surface area contributed by atoms with Crippen LogP contribution in [-0.2, 0) is 13.0 Å². The van der Waals surface area contributed by atoms with Crippen molar-refractivity contribution in [1.82, 2.24) is 4.98 Å². The van der Waals surface area contributed by atoms with E-state index < -0.39 is 0 Å². The Morgan fingerprint density at radius 2 is 2.15 bits per heavy atom. The van der Waals surface area contributed by atoms with Crippen LogP contribution < -0.4 is 10.5 Å². The van der Waals surface area contributed by atoms with E-state index in [2.05, 4.69) is 11.9 Å². The van der Waals surface area contributed by atoms with Gasteiger partial charge in [0.25, 0.3) is 0 Å². The standard InChI is InChI=1S/C10H16N2O/c1-3-9-5-8(7-11)6-10(12-9)13-4-2/h5-6H,3-4,7,11H2,1-2H3. The number of hydrogen-bond donors (Lipinski definition) is 1. The van der Waals surface area contributed by atoms with E-state index in [0.29, 0.717) is 19.0 Å². The highest BCUT2D eigenvalue weighted by atomic mass is 16.5. The fourth-order valence-electron chi connectivity index (χ4n) is 1.14. The number of ether oxygens (including phenoxy) is 1. The Kier molecular flexibility index (Phi) is 3.71. The van der Waals surface area contributed by atoms with E-state index in [0.717, 1.165) is 17.7 Å². The van der Waals surface area contributed by atoms with Crippen LogP contribution in [0, 0.1) is 0 Å². The summed E-state index contributed by atoms with van der Waals surface area (Å²) in [5.41, 5.74) is 7.67. The predicted molar refractivity (Wildman–Crippen MR) is 52.7 cm³/mol. The third-order valence-corrected chi connectivity index (χ3v) is 1.80. The van der Waals surface area contributed by atoms with Crippen LogP contribution in [0.5, 0.6) is 5.88 Å². The van der Waals surface area contributed by atoms with Crippen LogP contribution >= 0.6 is 0 Å². The minimum absolute atomic E-state index is 0.537. The second-order valence-corrected chi connectivity index (χ2v) is 2.80. The van der Waals surface area contributed by atoms with E-state index in [-0.39, 0.29) is 0 Å². The molecule has 0 aromatic carbocycles. The van der Waals surface area contributed by atoms with E-state index in [1.807, 2.05) is 19.1 Å². The number of nitrogens with two attached hydrogens (primary N) is 1. The van der Waals surface area contributed by atoms with Crippen molar-refractivity contribution in [3.05, 3.63) is 23.4 Å². The smallest absolute Gasteiger partial charge is 0.213 e. The molecular formula is C10H16N2O. The van der Waals surface area contributed by atoms with Gasteiger partial charge in [0.15, 0.2) is 0 Å². The number of hydrogen-bond acceptors (Lipinski definition) is 3. The van der Waals surface area contributed by atoms with Gasteiger partial charge in [0.2, 0.25) is 5.88 Å². The Balaban J connectivity index is 2.93. The average molecular weight is 180 g/mol. The van der Waals surface area contributed by atoms with Gasteiger partial charge in [-0.15, -0.1) is 0 Å². The molecule has 3 nitrogen and oxygen atoms in total. The molecule has 0 aliphatic rings. The first-order chi connectivity index (χ1) is 6.30. The lowest BCUT2D eigenvalue weighted by Crippen LogP contribution is -2.02. The van der Waals surface area contributed by atoms with Crippen molar-refractivity contribution in [3.63, 3.8) is 0 Å². The first-order valence-corrected chi connectivity index (χ1v) is 4.62. The van der Waals surface area contributed by atoms with Gasteiger partial charge < -0.3 is 10.5 Å². The van der Waals surface area contributed by atoms with E-state index in [4.69, 9.17) is 10.5 Å².